The van der Waals surface area contributed by atoms with Gasteiger partial charge in [-0.05, 0) is 13.8 Å². The number of hydrogen-bond donors (Lipinski definition) is 3. The summed E-state index contributed by atoms with van der Waals surface area (Å²) in [5.41, 5.74) is 0. The first-order valence-corrected chi connectivity index (χ1v) is 5.93. The molecule has 0 aliphatic rings. The van der Waals surface area contributed by atoms with E-state index in [2.05, 4.69) is 26.1 Å². The Kier molecular flexibility index (Phi) is 4.83. The van der Waals surface area contributed by atoms with Crippen molar-refractivity contribution in [3.8, 4) is 0 Å². The van der Waals surface area contributed by atoms with Crippen molar-refractivity contribution in [2.45, 2.75) is 19.9 Å². The van der Waals surface area contributed by atoms with Gasteiger partial charge in [0.05, 0.1) is 6.54 Å². The number of nitrogens with one attached hydrogen (secondary N) is 3. The lowest BCUT2D eigenvalue weighted by Crippen LogP contribution is -2.39. The predicted molar refractivity (Wildman–Crippen MR) is 65.1 cm³/mol. The van der Waals surface area contributed by atoms with Gasteiger partial charge >= 0.3 is 0 Å². The molecule has 3 N–H and O–H groups in total. The fourth-order valence-electron chi connectivity index (χ4n) is 1.03. The average molecular weight is 257 g/mol. The second kappa shape index (κ2) is 6.14. The van der Waals surface area contributed by atoms with Gasteiger partial charge in [-0.2, -0.15) is 0 Å². The summed E-state index contributed by atoms with van der Waals surface area (Å²) >= 11 is 1.13. The Balaban J connectivity index is 2.42. The van der Waals surface area contributed by atoms with Gasteiger partial charge in [0.2, 0.25) is 16.0 Å². The van der Waals surface area contributed by atoms with Gasteiger partial charge in [-0.25, -0.2) is 0 Å². The number of aromatic nitrogens is 2. The van der Waals surface area contributed by atoms with Crippen molar-refractivity contribution >= 4 is 28.3 Å². The van der Waals surface area contributed by atoms with Crippen LogP contribution in [0.15, 0.2) is 0 Å². The molecule has 0 aliphatic heterocycles. The standard InChI is InChI=1S/C9H15N5O2S/c1-5(2)12-6(15)4-11-7(16)8-13-14-9(10-3)17-8/h5H,4H2,1-3H3,(H,10,14)(H,11,16)(H,12,15). The minimum absolute atomic E-state index is 0.0526. The van der Waals surface area contributed by atoms with Gasteiger partial charge in [-0.15, -0.1) is 10.2 Å². The van der Waals surface area contributed by atoms with Crippen LogP contribution in [-0.4, -0.2) is 41.6 Å². The third-order valence-corrected chi connectivity index (χ3v) is 2.63. The molecule has 1 aromatic rings. The molecule has 1 rings (SSSR count). The van der Waals surface area contributed by atoms with Crippen molar-refractivity contribution < 1.29 is 9.59 Å². The Morgan fingerprint density at radius 1 is 1.35 bits per heavy atom. The van der Waals surface area contributed by atoms with Crippen LogP contribution in [0.4, 0.5) is 5.13 Å². The Morgan fingerprint density at radius 3 is 2.59 bits per heavy atom. The zero-order valence-electron chi connectivity index (χ0n) is 9.90. The van der Waals surface area contributed by atoms with E-state index >= 15 is 0 Å². The lowest BCUT2D eigenvalue weighted by atomic mass is 10.4. The normalized spacial score (nSPS) is 10.1. The molecular weight excluding hydrogens is 242 g/mol. The summed E-state index contributed by atoms with van der Waals surface area (Å²) in [6.45, 7) is 3.64. The van der Waals surface area contributed by atoms with Crippen LogP contribution >= 0.6 is 11.3 Å². The molecule has 0 saturated heterocycles. The number of nitrogens with zero attached hydrogens (tertiary/aromatic N) is 2. The third kappa shape index (κ3) is 4.35. The average Bonchev–Trinajstić information content (AvgIpc) is 2.73. The maximum Gasteiger partial charge on any atom is 0.282 e. The lowest BCUT2D eigenvalue weighted by molar-refractivity contribution is -0.120. The Labute approximate surface area is 103 Å². The molecule has 0 atom stereocenters. The molecular formula is C9H15N5O2S. The van der Waals surface area contributed by atoms with Gasteiger partial charge in [-0.3, -0.25) is 9.59 Å². The Hall–Kier alpha value is -1.70. The van der Waals surface area contributed by atoms with Gasteiger partial charge in [0.15, 0.2) is 0 Å². The SMILES string of the molecule is CNc1nnc(C(=O)NCC(=O)NC(C)C)s1. The summed E-state index contributed by atoms with van der Waals surface area (Å²) in [6.07, 6.45) is 0. The summed E-state index contributed by atoms with van der Waals surface area (Å²) in [5, 5.41) is 16.1. The number of carbonyl (C=O) groups is 2. The topological polar surface area (TPSA) is 96.0 Å². The summed E-state index contributed by atoms with van der Waals surface area (Å²) in [5.74, 6) is -0.630. The molecule has 1 heterocycles. The van der Waals surface area contributed by atoms with Crippen LogP contribution in [0.5, 0.6) is 0 Å². The molecule has 2 amide bonds. The first-order chi connectivity index (χ1) is 8.02. The molecule has 0 radical (unpaired) electrons. The summed E-state index contributed by atoms with van der Waals surface area (Å²) in [6, 6.07) is 0.0526. The van der Waals surface area contributed by atoms with Gasteiger partial charge in [0, 0.05) is 13.1 Å². The van der Waals surface area contributed by atoms with Crippen LogP contribution in [0.2, 0.25) is 0 Å². The summed E-state index contributed by atoms with van der Waals surface area (Å²) in [4.78, 5) is 22.8. The second-order valence-electron chi connectivity index (χ2n) is 3.57. The molecule has 0 unspecified atom stereocenters. The number of hydrogen-bond acceptors (Lipinski definition) is 6. The minimum Gasteiger partial charge on any atom is -0.363 e. The van der Waals surface area contributed by atoms with Crippen molar-refractivity contribution in [3.63, 3.8) is 0 Å². The maximum absolute atomic E-state index is 11.6. The van der Waals surface area contributed by atoms with Crippen LogP contribution < -0.4 is 16.0 Å². The largest absolute Gasteiger partial charge is 0.363 e. The van der Waals surface area contributed by atoms with Gasteiger partial charge in [0.25, 0.3) is 5.91 Å². The number of anilines is 1. The van der Waals surface area contributed by atoms with E-state index in [-0.39, 0.29) is 23.5 Å². The van der Waals surface area contributed by atoms with E-state index in [1.807, 2.05) is 13.8 Å². The molecule has 8 heteroatoms. The van der Waals surface area contributed by atoms with Crippen LogP contribution in [0, 0.1) is 0 Å². The van der Waals surface area contributed by atoms with E-state index in [1.165, 1.54) is 0 Å². The second-order valence-corrected chi connectivity index (χ2v) is 4.54. The predicted octanol–water partition coefficient (Wildman–Crippen LogP) is -0.166. The Morgan fingerprint density at radius 2 is 2.06 bits per heavy atom. The highest BCUT2D eigenvalue weighted by atomic mass is 32.1. The molecule has 0 bridgehead atoms. The molecule has 1 aromatic heterocycles. The molecule has 0 fully saturated rings. The Bertz CT molecular complexity index is 404. The van der Waals surface area contributed by atoms with Gasteiger partial charge in [0.1, 0.15) is 0 Å². The zero-order valence-corrected chi connectivity index (χ0v) is 10.7. The molecule has 94 valence electrons. The van der Waals surface area contributed by atoms with Crippen LogP contribution in [0.3, 0.4) is 0 Å². The van der Waals surface area contributed by atoms with Crippen LogP contribution in [0.1, 0.15) is 23.6 Å². The van der Waals surface area contributed by atoms with Crippen LogP contribution in [-0.2, 0) is 4.79 Å². The molecule has 17 heavy (non-hydrogen) atoms. The van der Waals surface area contributed by atoms with Gasteiger partial charge < -0.3 is 16.0 Å². The lowest BCUT2D eigenvalue weighted by Gasteiger charge is -2.08. The van der Waals surface area contributed by atoms with Crippen molar-refractivity contribution in [1.29, 1.82) is 0 Å². The molecule has 0 saturated carbocycles. The first-order valence-electron chi connectivity index (χ1n) is 5.11. The first kappa shape index (κ1) is 13.4. The van der Waals surface area contributed by atoms with E-state index in [0.29, 0.717) is 5.13 Å². The number of amides is 2. The highest BCUT2D eigenvalue weighted by Gasteiger charge is 2.13. The van der Waals surface area contributed by atoms with Crippen molar-refractivity contribution in [2.24, 2.45) is 0 Å². The fourth-order valence-corrected chi connectivity index (χ4v) is 1.64. The van der Waals surface area contributed by atoms with Crippen molar-refractivity contribution in [3.05, 3.63) is 5.01 Å². The highest BCUT2D eigenvalue weighted by Crippen LogP contribution is 2.13. The van der Waals surface area contributed by atoms with E-state index in [0.717, 1.165) is 11.3 Å². The number of rotatable bonds is 5. The quantitative estimate of drug-likeness (QED) is 0.681. The summed E-state index contributed by atoms with van der Waals surface area (Å²) < 4.78 is 0. The fraction of sp³-hybridized carbons (Fsp3) is 0.556. The maximum atomic E-state index is 11.6. The smallest absolute Gasteiger partial charge is 0.282 e. The van der Waals surface area contributed by atoms with E-state index in [9.17, 15) is 9.59 Å². The van der Waals surface area contributed by atoms with Crippen LogP contribution in [0.25, 0.3) is 0 Å². The molecule has 0 spiro atoms. The number of carbonyl (C=O) groups excluding carboxylic acids is 2. The van der Waals surface area contributed by atoms with Crippen molar-refractivity contribution in [1.82, 2.24) is 20.8 Å². The zero-order chi connectivity index (χ0) is 12.8. The van der Waals surface area contributed by atoms with Gasteiger partial charge in [-0.1, -0.05) is 11.3 Å². The molecule has 0 aliphatic carbocycles. The van der Waals surface area contributed by atoms with E-state index in [1.54, 1.807) is 7.05 Å². The third-order valence-electron chi connectivity index (χ3n) is 1.69. The monoisotopic (exact) mass is 257 g/mol. The highest BCUT2D eigenvalue weighted by molar-refractivity contribution is 7.17. The molecule has 7 nitrogen and oxygen atoms in total. The van der Waals surface area contributed by atoms with Crippen molar-refractivity contribution in [2.75, 3.05) is 18.9 Å². The minimum atomic E-state index is -0.400. The van der Waals surface area contributed by atoms with E-state index in [4.69, 9.17) is 0 Å². The summed E-state index contributed by atoms with van der Waals surface area (Å²) in [7, 11) is 1.69. The molecule has 0 aromatic carbocycles. The van der Waals surface area contributed by atoms with E-state index < -0.39 is 5.91 Å².